The average Bonchev–Trinajstić information content (AvgIpc) is 3.28. The summed E-state index contributed by atoms with van der Waals surface area (Å²) in [6.07, 6.45) is 10.4. The van der Waals surface area contributed by atoms with Gasteiger partial charge in [0.1, 0.15) is 0 Å². The first kappa shape index (κ1) is 22.1. The van der Waals surface area contributed by atoms with Crippen LogP contribution in [0.15, 0.2) is 6.33 Å². The molecule has 2 heterocycles. The van der Waals surface area contributed by atoms with Crippen molar-refractivity contribution in [3.8, 4) is 0 Å². The number of hydrogen-bond donors (Lipinski definition) is 2. The van der Waals surface area contributed by atoms with Crippen molar-refractivity contribution in [2.24, 2.45) is 17.8 Å². The van der Waals surface area contributed by atoms with Crippen molar-refractivity contribution < 1.29 is 19.4 Å². The van der Waals surface area contributed by atoms with Crippen molar-refractivity contribution in [1.29, 1.82) is 0 Å². The molecule has 4 bridgehead atoms. The summed E-state index contributed by atoms with van der Waals surface area (Å²) in [4.78, 5) is 25.9. The number of piperidine rings is 1. The van der Waals surface area contributed by atoms with Crippen molar-refractivity contribution in [2.75, 3.05) is 33.4 Å². The number of aromatic nitrogens is 4. The molecule has 1 aromatic heterocycles. The minimum Gasteiger partial charge on any atom is -0.483 e. The maximum atomic E-state index is 13.3. The Morgan fingerprint density at radius 2 is 2.06 bits per heavy atom. The molecule has 172 valence electrons. The standard InChI is InChI=1S/C20H32N6O2.CH2O2/c1-28-6-5-25-4-2-3-17(12-25)18(27)23-19-8-15-7-16(9-19)11-20(10-15,13-19)26-22-14-21-24-26;2-1-3/h14-17H,2-13H2,1H3,(H,23,27);1H,(H,2,3). The SMILES string of the molecule is COCCN1CCCC(C(=O)NC23CC4CC(C2)CC(n2ncnn2)(C4)C3)C1.O=CO. The Hall–Kier alpha value is -2.07. The molecular weight excluding hydrogens is 400 g/mol. The van der Waals surface area contributed by atoms with E-state index < -0.39 is 0 Å². The number of carbonyl (C=O) groups excluding carboxylic acids is 1. The molecule has 5 fully saturated rings. The molecule has 1 aliphatic heterocycles. The van der Waals surface area contributed by atoms with Gasteiger partial charge in [0, 0.05) is 25.7 Å². The van der Waals surface area contributed by atoms with Crippen molar-refractivity contribution in [3.05, 3.63) is 6.33 Å². The highest BCUT2D eigenvalue weighted by Crippen LogP contribution is 2.60. The van der Waals surface area contributed by atoms with Crippen LogP contribution in [0.25, 0.3) is 0 Å². The Balaban J connectivity index is 0.000000730. The molecule has 3 unspecified atom stereocenters. The highest BCUT2D eigenvalue weighted by Gasteiger charge is 2.60. The minimum atomic E-state index is -0.250. The molecule has 1 saturated heterocycles. The van der Waals surface area contributed by atoms with E-state index in [9.17, 15) is 4.79 Å². The van der Waals surface area contributed by atoms with Crippen LogP contribution in [0, 0.1) is 17.8 Å². The van der Waals surface area contributed by atoms with Gasteiger partial charge in [-0.1, -0.05) is 0 Å². The molecule has 4 saturated carbocycles. The second-order valence-electron chi connectivity index (χ2n) is 9.92. The maximum absolute atomic E-state index is 13.3. The van der Waals surface area contributed by atoms with Gasteiger partial charge in [-0.3, -0.25) is 9.59 Å². The molecule has 2 N–H and O–H groups in total. The van der Waals surface area contributed by atoms with E-state index in [1.54, 1.807) is 13.4 Å². The van der Waals surface area contributed by atoms with Gasteiger partial charge < -0.3 is 20.1 Å². The Labute approximate surface area is 182 Å². The van der Waals surface area contributed by atoms with Crippen LogP contribution in [0.1, 0.15) is 51.4 Å². The summed E-state index contributed by atoms with van der Waals surface area (Å²) in [6.45, 7) is 3.32. The van der Waals surface area contributed by atoms with E-state index >= 15 is 0 Å². The normalized spacial score (nSPS) is 36.5. The van der Waals surface area contributed by atoms with Gasteiger partial charge in [-0.15, -0.1) is 10.2 Å². The van der Waals surface area contributed by atoms with Crippen LogP contribution in [0.4, 0.5) is 0 Å². The Morgan fingerprint density at radius 3 is 2.71 bits per heavy atom. The smallest absolute Gasteiger partial charge is 0.290 e. The van der Waals surface area contributed by atoms with Crippen LogP contribution in [0.3, 0.4) is 0 Å². The van der Waals surface area contributed by atoms with Crippen molar-refractivity contribution in [1.82, 2.24) is 30.4 Å². The number of ether oxygens (including phenoxy) is 1. The number of amides is 1. The quantitative estimate of drug-likeness (QED) is 0.633. The largest absolute Gasteiger partial charge is 0.483 e. The van der Waals surface area contributed by atoms with Gasteiger partial charge in [0.2, 0.25) is 5.91 Å². The molecule has 4 aliphatic carbocycles. The second-order valence-corrected chi connectivity index (χ2v) is 9.92. The maximum Gasteiger partial charge on any atom is 0.290 e. The molecule has 5 aliphatic rings. The van der Waals surface area contributed by atoms with Gasteiger partial charge in [0.15, 0.2) is 6.33 Å². The zero-order chi connectivity index (χ0) is 21.9. The summed E-state index contributed by atoms with van der Waals surface area (Å²) >= 11 is 0. The van der Waals surface area contributed by atoms with E-state index in [1.807, 2.05) is 4.80 Å². The van der Waals surface area contributed by atoms with E-state index in [0.29, 0.717) is 11.8 Å². The van der Waals surface area contributed by atoms with Crippen molar-refractivity contribution in [2.45, 2.75) is 62.4 Å². The number of carboxylic acid groups (broad SMARTS) is 1. The fourth-order valence-corrected chi connectivity index (χ4v) is 7.04. The molecule has 0 aromatic carbocycles. The van der Waals surface area contributed by atoms with E-state index in [1.165, 1.54) is 6.42 Å². The summed E-state index contributed by atoms with van der Waals surface area (Å²) in [6, 6.07) is 0. The van der Waals surface area contributed by atoms with Crippen molar-refractivity contribution in [3.63, 3.8) is 0 Å². The molecular formula is C21H34N6O4. The Morgan fingerprint density at radius 1 is 1.32 bits per heavy atom. The first-order valence-corrected chi connectivity index (χ1v) is 11.4. The van der Waals surface area contributed by atoms with Crippen LogP contribution in [0.5, 0.6) is 0 Å². The Bertz CT molecular complexity index is 743. The molecule has 0 radical (unpaired) electrons. The number of hydrogen-bond acceptors (Lipinski definition) is 7. The molecule has 0 spiro atoms. The van der Waals surface area contributed by atoms with Gasteiger partial charge in [-0.05, 0) is 75.0 Å². The zero-order valence-corrected chi connectivity index (χ0v) is 18.3. The number of methoxy groups -OCH3 is 1. The predicted molar refractivity (Wildman–Crippen MR) is 111 cm³/mol. The third kappa shape index (κ3) is 4.59. The molecule has 6 rings (SSSR count). The monoisotopic (exact) mass is 434 g/mol. The summed E-state index contributed by atoms with van der Waals surface area (Å²) in [7, 11) is 1.74. The fourth-order valence-electron chi connectivity index (χ4n) is 7.04. The van der Waals surface area contributed by atoms with Gasteiger partial charge >= 0.3 is 0 Å². The highest BCUT2D eigenvalue weighted by atomic mass is 16.5. The summed E-state index contributed by atoms with van der Waals surface area (Å²) < 4.78 is 5.22. The lowest BCUT2D eigenvalue weighted by molar-refractivity contribution is -0.136. The average molecular weight is 435 g/mol. The van der Waals surface area contributed by atoms with E-state index in [2.05, 4.69) is 25.6 Å². The summed E-state index contributed by atoms with van der Waals surface area (Å²) in [5.74, 6) is 1.68. The first-order chi connectivity index (χ1) is 15.0. The lowest BCUT2D eigenvalue weighted by atomic mass is 9.50. The van der Waals surface area contributed by atoms with E-state index in [-0.39, 0.29) is 29.4 Å². The van der Waals surface area contributed by atoms with Crippen LogP contribution >= 0.6 is 0 Å². The van der Waals surface area contributed by atoms with Crippen LogP contribution < -0.4 is 5.32 Å². The fraction of sp³-hybridized carbons (Fsp3) is 0.857. The van der Waals surface area contributed by atoms with E-state index in [4.69, 9.17) is 14.6 Å². The third-order valence-corrected chi connectivity index (χ3v) is 7.68. The number of carbonyl (C=O) groups is 2. The van der Waals surface area contributed by atoms with Crippen LogP contribution in [0.2, 0.25) is 0 Å². The van der Waals surface area contributed by atoms with Gasteiger partial charge in [-0.25, -0.2) is 0 Å². The first-order valence-electron chi connectivity index (χ1n) is 11.4. The number of likely N-dealkylation sites (tertiary alicyclic amines) is 1. The lowest BCUT2D eigenvalue weighted by Crippen LogP contribution is -2.67. The highest BCUT2D eigenvalue weighted by molar-refractivity contribution is 5.80. The second kappa shape index (κ2) is 9.20. The molecule has 1 aromatic rings. The Kier molecular flexibility index (Phi) is 6.57. The number of rotatable bonds is 6. The summed E-state index contributed by atoms with van der Waals surface area (Å²) in [5.41, 5.74) is -0.130. The van der Waals surface area contributed by atoms with Crippen LogP contribution in [-0.2, 0) is 19.9 Å². The molecule has 1 amide bonds. The zero-order valence-electron chi connectivity index (χ0n) is 18.3. The molecule has 10 nitrogen and oxygen atoms in total. The molecule has 10 heteroatoms. The lowest BCUT2D eigenvalue weighted by Gasteiger charge is -2.61. The van der Waals surface area contributed by atoms with Gasteiger partial charge in [0.05, 0.1) is 18.1 Å². The topological polar surface area (TPSA) is 122 Å². The summed E-state index contributed by atoms with van der Waals surface area (Å²) in [5, 5.41) is 23.1. The van der Waals surface area contributed by atoms with E-state index in [0.717, 1.165) is 71.2 Å². The molecule has 31 heavy (non-hydrogen) atoms. The van der Waals surface area contributed by atoms with Gasteiger partial charge in [0.25, 0.3) is 6.47 Å². The number of nitrogens with zero attached hydrogens (tertiary/aromatic N) is 5. The minimum absolute atomic E-state index is 0.0507. The third-order valence-electron chi connectivity index (χ3n) is 7.68. The van der Waals surface area contributed by atoms with Gasteiger partial charge in [-0.2, -0.15) is 4.80 Å². The molecule has 3 atom stereocenters. The number of tetrazole rings is 1. The number of nitrogens with one attached hydrogen (secondary N) is 1. The van der Waals surface area contributed by atoms with Crippen LogP contribution in [-0.4, -0.2) is 81.5 Å². The predicted octanol–water partition coefficient (Wildman–Crippen LogP) is 0.896. The van der Waals surface area contributed by atoms with Crippen molar-refractivity contribution >= 4 is 12.4 Å².